The third kappa shape index (κ3) is 3.61. The number of amides is 2. The summed E-state index contributed by atoms with van der Waals surface area (Å²) in [6, 6.07) is 17.4. The number of carbonyl (C=O) groups excluding carboxylic acids is 2. The van der Waals surface area contributed by atoms with Gasteiger partial charge in [-0.1, -0.05) is 55.5 Å². The van der Waals surface area contributed by atoms with E-state index in [0.29, 0.717) is 5.92 Å². The second-order valence-corrected chi connectivity index (χ2v) is 7.82. The molecule has 3 atom stereocenters. The van der Waals surface area contributed by atoms with Crippen LogP contribution in [0.3, 0.4) is 0 Å². The molecule has 1 saturated carbocycles. The Balaban J connectivity index is 1.56. The average molecular weight is 378 g/mol. The molecule has 28 heavy (non-hydrogen) atoms. The molecule has 1 heterocycles. The first-order valence-corrected chi connectivity index (χ1v) is 9.92. The molecule has 1 aliphatic heterocycles. The Hall–Kier alpha value is -2.82. The first-order valence-electron chi connectivity index (χ1n) is 9.92. The van der Waals surface area contributed by atoms with Crippen molar-refractivity contribution in [1.82, 2.24) is 5.32 Å². The normalized spacial score (nSPS) is 23.6. The number of para-hydroxylation sites is 1. The first kappa shape index (κ1) is 18.5. The quantitative estimate of drug-likeness (QED) is 0.856. The molecule has 2 aromatic rings. The minimum absolute atomic E-state index is 0.0568. The zero-order chi connectivity index (χ0) is 19.7. The number of ether oxygens (including phenoxy) is 1. The molecule has 0 spiro atoms. The number of nitrogens with zero attached hydrogens (tertiary/aromatic N) is 1. The monoisotopic (exact) mass is 378 g/mol. The van der Waals surface area contributed by atoms with Gasteiger partial charge in [0.15, 0.2) is 0 Å². The summed E-state index contributed by atoms with van der Waals surface area (Å²) in [6.07, 6.45) is 1.83. The van der Waals surface area contributed by atoms with E-state index in [4.69, 9.17) is 4.74 Å². The van der Waals surface area contributed by atoms with Crippen LogP contribution in [0.4, 0.5) is 10.5 Å². The number of anilines is 1. The summed E-state index contributed by atoms with van der Waals surface area (Å²) in [5.41, 5.74) is 2.82. The molecule has 0 aromatic heterocycles. The molecule has 1 aliphatic carbocycles. The minimum Gasteiger partial charge on any atom is -0.445 e. The molecule has 2 aromatic carbocycles. The van der Waals surface area contributed by atoms with Gasteiger partial charge in [0.05, 0.1) is 6.04 Å². The standard InChI is InChI=1S/C23H26N2O3/c1-15-21(24-23(27)28-14-17-8-4-3-5-9-17)19-10-6-7-11-20(19)25(16(2)26)22(15)18-12-13-18/h3-11,15,18,21-22H,12-14H2,1-2H3,(H,24,27)/t15-,21?,22?/m0/s1. The molecule has 2 aliphatic rings. The van der Waals surface area contributed by atoms with Crippen molar-refractivity contribution in [3.63, 3.8) is 0 Å². The zero-order valence-electron chi connectivity index (χ0n) is 16.3. The molecule has 4 rings (SSSR count). The van der Waals surface area contributed by atoms with Gasteiger partial charge in [0.25, 0.3) is 0 Å². The van der Waals surface area contributed by atoms with E-state index in [-0.39, 0.29) is 30.5 Å². The fourth-order valence-electron chi connectivity index (χ4n) is 4.40. The number of hydrogen-bond donors (Lipinski definition) is 1. The highest BCUT2D eigenvalue weighted by molar-refractivity contribution is 5.94. The van der Waals surface area contributed by atoms with Gasteiger partial charge in [-0.3, -0.25) is 4.79 Å². The molecule has 5 heteroatoms. The number of carbonyl (C=O) groups is 2. The summed E-state index contributed by atoms with van der Waals surface area (Å²) in [5.74, 6) is 0.661. The van der Waals surface area contributed by atoms with Gasteiger partial charge < -0.3 is 15.0 Å². The lowest BCUT2D eigenvalue weighted by Gasteiger charge is -2.45. The van der Waals surface area contributed by atoms with Crippen LogP contribution in [0.5, 0.6) is 0 Å². The van der Waals surface area contributed by atoms with Crippen LogP contribution in [0.15, 0.2) is 54.6 Å². The maximum Gasteiger partial charge on any atom is 0.407 e. The molecule has 0 bridgehead atoms. The van der Waals surface area contributed by atoms with Crippen molar-refractivity contribution in [2.75, 3.05) is 4.90 Å². The highest BCUT2D eigenvalue weighted by atomic mass is 16.5. The molecular formula is C23H26N2O3. The molecule has 1 N–H and O–H groups in total. The van der Waals surface area contributed by atoms with Gasteiger partial charge in [0, 0.05) is 24.6 Å². The summed E-state index contributed by atoms with van der Waals surface area (Å²) in [4.78, 5) is 26.9. The predicted molar refractivity (Wildman–Crippen MR) is 108 cm³/mol. The second kappa shape index (κ2) is 7.66. The van der Waals surface area contributed by atoms with Crippen molar-refractivity contribution < 1.29 is 14.3 Å². The zero-order valence-corrected chi connectivity index (χ0v) is 16.3. The number of nitrogens with one attached hydrogen (secondary N) is 1. The van der Waals surface area contributed by atoms with Crippen molar-refractivity contribution in [3.05, 3.63) is 65.7 Å². The summed E-state index contributed by atoms with van der Waals surface area (Å²) < 4.78 is 5.45. The molecule has 2 amide bonds. The lowest BCUT2D eigenvalue weighted by molar-refractivity contribution is -0.117. The van der Waals surface area contributed by atoms with Crippen LogP contribution in [0.2, 0.25) is 0 Å². The van der Waals surface area contributed by atoms with E-state index in [0.717, 1.165) is 29.7 Å². The molecule has 5 nitrogen and oxygen atoms in total. The number of alkyl carbamates (subject to hydrolysis) is 1. The molecular weight excluding hydrogens is 352 g/mol. The molecule has 0 saturated heterocycles. The minimum atomic E-state index is -0.429. The van der Waals surface area contributed by atoms with Crippen LogP contribution < -0.4 is 10.2 Å². The number of benzene rings is 2. The fraction of sp³-hybridized carbons (Fsp3) is 0.391. The van der Waals surface area contributed by atoms with Gasteiger partial charge in [0.2, 0.25) is 5.91 Å². The molecule has 1 fully saturated rings. The SMILES string of the molecule is CC(=O)N1c2ccccc2C(NC(=O)OCc2ccccc2)[C@H](C)C1C1CC1. The Morgan fingerprint density at radius 2 is 1.75 bits per heavy atom. The lowest BCUT2D eigenvalue weighted by atomic mass is 9.80. The molecule has 0 radical (unpaired) electrons. The van der Waals surface area contributed by atoms with E-state index in [2.05, 4.69) is 12.2 Å². The van der Waals surface area contributed by atoms with Crippen LogP contribution in [-0.2, 0) is 16.1 Å². The Kier molecular flexibility index (Phi) is 5.07. The second-order valence-electron chi connectivity index (χ2n) is 7.82. The van der Waals surface area contributed by atoms with E-state index >= 15 is 0 Å². The van der Waals surface area contributed by atoms with Crippen molar-refractivity contribution >= 4 is 17.7 Å². The Morgan fingerprint density at radius 1 is 1.07 bits per heavy atom. The van der Waals surface area contributed by atoms with E-state index in [1.54, 1.807) is 6.92 Å². The largest absolute Gasteiger partial charge is 0.445 e. The number of rotatable bonds is 4. The van der Waals surface area contributed by atoms with Crippen LogP contribution in [0.25, 0.3) is 0 Å². The summed E-state index contributed by atoms with van der Waals surface area (Å²) in [5, 5.41) is 3.07. The number of hydrogen-bond acceptors (Lipinski definition) is 3. The fourth-order valence-corrected chi connectivity index (χ4v) is 4.40. The van der Waals surface area contributed by atoms with Gasteiger partial charge in [-0.15, -0.1) is 0 Å². The van der Waals surface area contributed by atoms with Crippen molar-refractivity contribution in [1.29, 1.82) is 0 Å². The molecule has 146 valence electrons. The highest BCUT2D eigenvalue weighted by Gasteiger charge is 2.47. The lowest BCUT2D eigenvalue weighted by Crippen LogP contribution is -2.53. The van der Waals surface area contributed by atoms with Crippen molar-refractivity contribution in [3.8, 4) is 0 Å². The highest BCUT2D eigenvalue weighted by Crippen LogP contribution is 2.49. The average Bonchev–Trinajstić information content (AvgIpc) is 3.53. The molecule has 2 unspecified atom stereocenters. The van der Waals surface area contributed by atoms with Gasteiger partial charge in [-0.2, -0.15) is 0 Å². The van der Waals surface area contributed by atoms with Gasteiger partial charge >= 0.3 is 6.09 Å². The smallest absolute Gasteiger partial charge is 0.407 e. The van der Waals surface area contributed by atoms with E-state index in [9.17, 15) is 9.59 Å². The van der Waals surface area contributed by atoms with Gasteiger partial charge in [-0.05, 0) is 36.0 Å². The van der Waals surface area contributed by atoms with Crippen LogP contribution >= 0.6 is 0 Å². The maximum absolute atomic E-state index is 12.5. The van der Waals surface area contributed by atoms with Crippen molar-refractivity contribution in [2.45, 2.75) is 45.4 Å². The third-order valence-electron chi connectivity index (χ3n) is 5.82. The topological polar surface area (TPSA) is 58.6 Å². The van der Waals surface area contributed by atoms with Crippen LogP contribution in [0, 0.1) is 11.8 Å². The summed E-state index contributed by atoms with van der Waals surface area (Å²) >= 11 is 0. The maximum atomic E-state index is 12.5. The van der Waals surface area contributed by atoms with Crippen molar-refractivity contribution in [2.24, 2.45) is 11.8 Å². The Labute approximate surface area is 165 Å². The first-order chi connectivity index (χ1) is 13.6. The van der Waals surface area contributed by atoms with Gasteiger partial charge in [-0.25, -0.2) is 4.79 Å². The summed E-state index contributed by atoms with van der Waals surface area (Å²) in [6.45, 7) is 3.98. The summed E-state index contributed by atoms with van der Waals surface area (Å²) in [7, 11) is 0. The van der Waals surface area contributed by atoms with E-state index < -0.39 is 6.09 Å². The predicted octanol–water partition coefficient (Wildman–Crippen LogP) is 4.44. The van der Waals surface area contributed by atoms with E-state index in [1.165, 1.54) is 0 Å². The number of fused-ring (bicyclic) bond motifs is 1. The Morgan fingerprint density at radius 3 is 2.43 bits per heavy atom. The third-order valence-corrected chi connectivity index (χ3v) is 5.82. The van der Waals surface area contributed by atoms with Crippen LogP contribution in [0.1, 0.15) is 43.9 Å². The van der Waals surface area contributed by atoms with E-state index in [1.807, 2.05) is 59.5 Å². The van der Waals surface area contributed by atoms with Gasteiger partial charge in [0.1, 0.15) is 6.61 Å². The Bertz CT molecular complexity index is 863. The van der Waals surface area contributed by atoms with Crippen LogP contribution in [-0.4, -0.2) is 18.0 Å².